The van der Waals surface area contributed by atoms with Crippen LogP contribution in [0.15, 0.2) is 11.4 Å². The van der Waals surface area contributed by atoms with Crippen molar-refractivity contribution in [3.8, 4) is 0 Å². The fraction of sp³-hybridized carbons (Fsp3) is 0.600. The molecule has 0 saturated carbocycles. The van der Waals surface area contributed by atoms with E-state index in [1.54, 1.807) is 11.3 Å². The summed E-state index contributed by atoms with van der Waals surface area (Å²) in [5.74, 6) is 0.516. The topological polar surface area (TPSA) is 72.2 Å². The molecular weight excluding hydrogens is 244 g/mol. The van der Waals surface area contributed by atoms with E-state index < -0.39 is 9.84 Å². The number of thiophene rings is 1. The van der Waals surface area contributed by atoms with Crippen LogP contribution in [0.3, 0.4) is 0 Å². The normalized spacial score (nSPS) is 28.3. The molecular formula is C10H16N2O2S2. The summed E-state index contributed by atoms with van der Waals surface area (Å²) in [6.07, 6.45) is 0.681. The number of rotatable bonds is 3. The molecule has 16 heavy (non-hydrogen) atoms. The minimum atomic E-state index is -2.85. The van der Waals surface area contributed by atoms with E-state index in [2.05, 4.69) is 5.32 Å². The van der Waals surface area contributed by atoms with Gasteiger partial charge in [-0.2, -0.15) is 0 Å². The van der Waals surface area contributed by atoms with Gasteiger partial charge in [0.05, 0.1) is 11.5 Å². The molecule has 1 aromatic heterocycles. The molecule has 1 fully saturated rings. The average molecular weight is 260 g/mol. The van der Waals surface area contributed by atoms with E-state index in [0.717, 1.165) is 10.6 Å². The fourth-order valence-corrected chi connectivity index (χ4v) is 4.80. The van der Waals surface area contributed by atoms with Crippen molar-refractivity contribution in [3.05, 3.63) is 16.3 Å². The zero-order valence-corrected chi connectivity index (χ0v) is 10.8. The van der Waals surface area contributed by atoms with Crippen molar-refractivity contribution in [2.75, 3.05) is 17.2 Å². The van der Waals surface area contributed by atoms with Gasteiger partial charge in [-0.1, -0.05) is 0 Å². The summed E-state index contributed by atoms with van der Waals surface area (Å²) in [7, 11) is -2.85. The van der Waals surface area contributed by atoms with Crippen LogP contribution in [-0.2, 0) is 16.4 Å². The highest BCUT2D eigenvalue weighted by Gasteiger charge is 2.37. The van der Waals surface area contributed by atoms with Gasteiger partial charge in [-0.3, -0.25) is 0 Å². The average Bonchev–Trinajstić information content (AvgIpc) is 2.69. The van der Waals surface area contributed by atoms with Crippen LogP contribution in [0.25, 0.3) is 0 Å². The summed E-state index contributed by atoms with van der Waals surface area (Å²) >= 11 is 1.59. The Balaban J connectivity index is 1.99. The molecule has 1 aromatic rings. The van der Waals surface area contributed by atoms with Gasteiger partial charge in [-0.05, 0) is 24.8 Å². The predicted octanol–water partition coefficient (Wildman–Crippen LogP) is 0.997. The standard InChI is InChI=1S/C10H16N2O2S2/c1-10(3-5-16(13,14)7-10)12-6-9-8(11)2-4-15-9/h2,4,12H,3,5-7,11H2,1H3. The number of sulfone groups is 1. The lowest BCUT2D eigenvalue weighted by atomic mass is 10.0. The van der Waals surface area contributed by atoms with E-state index in [0.29, 0.717) is 13.0 Å². The summed E-state index contributed by atoms with van der Waals surface area (Å²) in [4.78, 5) is 1.07. The Hall–Kier alpha value is -0.590. The van der Waals surface area contributed by atoms with Crippen molar-refractivity contribution >= 4 is 26.9 Å². The molecule has 1 unspecified atom stereocenters. The Kier molecular flexibility index (Phi) is 2.98. The summed E-state index contributed by atoms with van der Waals surface area (Å²) in [5.41, 5.74) is 6.26. The lowest BCUT2D eigenvalue weighted by Crippen LogP contribution is -2.42. The maximum atomic E-state index is 11.4. The Morgan fingerprint density at radius 1 is 1.62 bits per heavy atom. The molecule has 2 rings (SSSR count). The first kappa shape index (κ1) is 11.9. The maximum Gasteiger partial charge on any atom is 0.152 e. The Morgan fingerprint density at radius 3 is 2.88 bits per heavy atom. The minimum Gasteiger partial charge on any atom is -0.398 e. The molecule has 0 bridgehead atoms. The van der Waals surface area contributed by atoms with Gasteiger partial charge in [0, 0.05) is 22.6 Å². The minimum absolute atomic E-state index is 0.227. The summed E-state index contributed by atoms with van der Waals surface area (Å²) < 4.78 is 22.8. The van der Waals surface area contributed by atoms with Crippen molar-refractivity contribution < 1.29 is 8.42 Å². The molecule has 1 saturated heterocycles. The fourth-order valence-electron chi connectivity index (χ4n) is 1.94. The SMILES string of the molecule is CC1(NCc2sccc2N)CCS(=O)(=O)C1. The van der Waals surface area contributed by atoms with Crippen LogP contribution in [0.5, 0.6) is 0 Å². The van der Waals surface area contributed by atoms with Crippen LogP contribution in [0.4, 0.5) is 5.69 Å². The molecule has 4 nitrogen and oxygen atoms in total. The third-order valence-corrected chi connectivity index (χ3v) is 5.80. The van der Waals surface area contributed by atoms with Crippen LogP contribution in [0.1, 0.15) is 18.2 Å². The monoisotopic (exact) mass is 260 g/mol. The van der Waals surface area contributed by atoms with E-state index in [1.165, 1.54) is 0 Å². The van der Waals surface area contributed by atoms with Crippen molar-refractivity contribution in [2.24, 2.45) is 0 Å². The van der Waals surface area contributed by atoms with E-state index in [-0.39, 0.29) is 17.0 Å². The molecule has 1 aliphatic rings. The zero-order valence-electron chi connectivity index (χ0n) is 9.19. The second-order valence-electron chi connectivity index (χ2n) is 4.56. The molecule has 0 amide bonds. The summed E-state index contributed by atoms with van der Waals surface area (Å²) in [6.45, 7) is 2.61. The Bertz CT molecular complexity index is 481. The van der Waals surface area contributed by atoms with E-state index in [1.807, 2.05) is 18.4 Å². The second-order valence-corrected chi connectivity index (χ2v) is 7.74. The number of nitrogens with one attached hydrogen (secondary N) is 1. The first-order chi connectivity index (χ1) is 7.40. The van der Waals surface area contributed by atoms with Crippen molar-refractivity contribution in [1.82, 2.24) is 5.32 Å². The summed E-state index contributed by atoms with van der Waals surface area (Å²) in [5, 5.41) is 5.25. The molecule has 90 valence electrons. The van der Waals surface area contributed by atoms with Gasteiger partial charge in [0.25, 0.3) is 0 Å². The molecule has 6 heteroatoms. The van der Waals surface area contributed by atoms with Gasteiger partial charge >= 0.3 is 0 Å². The summed E-state index contributed by atoms with van der Waals surface area (Å²) in [6, 6.07) is 1.87. The highest BCUT2D eigenvalue weighted by Crippen LogP contribution is 2.25. The van der Waals surface area contributed by atoms with Crippen LogP contribution < -0.4 is 11.1 Å². The highest BCUT2D eigenvalue weighted by molar-refractivity contribution is 7.91. The van der Waals surface area contributed by atoms with Gasteiger partial charge in [0.15, 0.2) is 9.84 Å². The van der Waals surface area contributed by atoms with E-state index >= 15 is 0 Å². The largest absolute Gasteiger partial charge is 0.398 e. The highest BCUT2D eigenvalue weighted by atomic mass is 32.2. The number of hydrogen-bond acceptors (Lipinski definition) is 5. The third kappa shape index (κ3) is 2.56. The first-order valence-electron chi connectivity index (χ1n) is 5.18. The van der Waals surface area contributed by atoms with Gasteiger partial charge in [0.1, 0.15) is 0 Å². The predicted molar refractivity (Wildman–Crippen MR) is 67.2 cm³/mol. The third-order valence-electron chi connectivity index (χ3n) is 2.96. The van der Waals surface area contributed by atoms with Gasteiger partial charge in [-0.15, -0.1) is 11.3 Å². The molecule has 1 aliphatic heterocycles. The lowest BCUT2D eigenvalue weighted by Gasteiger charge is -2.23. The van der Waals surface area contributed by atoms with Crippen LogP contribution in [0.2, 0.25) is 0 Å². The molecule has 0 spiro atoms. The first-order valence-corrected chi connectivity index (χ1v) is 7.88. The van der Waals surface area contributed by atoms with Gasteiger partial charge < -0.3 is 11.1 Å². The number of nitrogens with two attached hydrogens (primary N) is 1. The maximum absolute atomic E-state index is 11.4. The van der Waals surface area contributed by atoms with Crippen LogP contribution in [0, 0.1) is 0 Å². The van der Waals surface area contributed by atoms with Gasteiger partial charge in [-0.25, -0.2) is 8.42 Å². The van der Waals surface area contributed by atoms with Crippen LogP contribution in [-0.4, -0.2) is 25.5 Å². The van der Waals surface area contributed by atoms with E-state index in [9.17, 15) is 8.42 Å². The molecule has 2 heterocycles. The molecule has 0 aliphatic carbocycles. The Labute approximate surface area is 99.8 Å². The van der Waals surface area contributed by atoms with E-state index in [4.69, 9.17) is 5.73 Å². The van der Waals surface area contributed by atoms with Crippen molar-refractivity contribution in [1.29, 1.82) is 0 Å². The Morgan fingerprint density at radius 2 is 2.38 bits per heavy atom. The second kappa shape index (κ2) is 4.01. The van der Waals surface area contributed by atoms with Gasteiger partial charge in [0.2, 0.25) is 0 Å². The van der Waals surface area contributed by atoms with Crippen molar-refractivity contribution in [2.45, 2.75) is 25.4 Å². The number of nitrogen functional groups attached to an aromatic ring is 1. The molecule has 0 aromatic carbocycles. The molecule has 3 N–H and O–H groups in total. The van der Waals surface area contributed by atoms with Crippen LogP contribution >= 0.6 is 11.3 Å². The van der Waals surface area contributed by atoms with Crippen molar-refractivity contribution in [3.63, 3.8) is 0 Å². The molecule has 0 radical (unpaired) electrons. The number of anilines is 1. The molecule has 1 atom stereocenters. The quantitative estimate of drug-likeness (QED) is 0.850. The smallest absolute Gasteiger partial charge is 0.152 e. The number of hydrogen-bond donors (Lipinski definition) is 2. The lowest BCUT2D eigenvalue weighted by molar-refractivity contribution is 0.397. The zero-order chi connectivity index (χ0) is 11.8.